The fourth-order valence-corrected chi connectivity index (χ4v) is 2.75. The molecule has 0 aliphatic carbocycles. The van der Waals surface area contributed by atoms with Crippen molar-refractivity contribution in [2.24, 2.45) is 5.92 Å². The molecule has 1 fully saturated rings. The van der Waals surface area contributed by atoms with Gasteiger partial charge in [-0.1, -0.05) is 17.7 Å². The van der Waals surface area contributed by atoms with Gasteiger partial charge in [-0.05, 0) is 30.5 Å². The largest absolute Gasteiger partial charge is 0.387 e. The topological polar surface area (TPSA) is 69.6 Å². The zero-order chi connectivity index (χ0) is 17.0. The van der Waals surface area contributed by atoms with Crippen molar-refractivity contribution < 1.29 is 19.1 Å². The summed E-state index contributed by atoms with van der Waals surface area (Å²) in [7, 11) is 0. The number of carbonyl (C=O) groups excluding carboxylic acids is 2. The van der Waals surface area contributed by atoms with Crippen molar-refractivity contribution in [2.75, 3.05) is 19.6 Å². The van der Waals surface area contributed by atoms with Crippen LogP contribution in [0.3, 0.4) is 0 Å². The van der Waals surface area contributed by atoms with Crippen LogP contribution in [0.5, 0.6) is 0 Å². The number of aliphatic hydroxyl groups excluding tert-OH is 1. The second-order valence-corrected chi connectivity index (χ2v) is 6.12. The molecule has 2 amide bonds. The van der Waals surface area contributed by atoms with E-state index in [4.69, 9.17) is 11.6 Å². The Kier molecular flexibility index (Phi) is 5.96. The van der Waals surface area contributed by atoms with E-state index in [0.717, 1.165) is 6.07 Å². The van der Waals surface area contributed by atoms with Gasteiger partial charge in [0.05, 0.1) is 11.1 Å². The Morgan fingerprint density at radius 3 is 2.65 bits per heavy atom. The van der Waals surface area contributed by atoms with Gasteiger partial charge in [0.2, 0.25) is 11.8 Å². The molecule has 1 saturated heterocycles. The molecule has 23 heavy (non-hydrogen) atoms. The van der Waals surface area contributed by atoms with Gasteiger partial charge in [0.1, 0.15) is 5.82 Å². The van der Waals surface area contributed by atoms with Crippen molar-refractivity contribution in [3.63, 3.8) is 0 Å². The third kappa shape index (κ3) is 4.65. The first-order valence-corrected chi connectivity index (χ1v) is 7.92. The summed E-state index contributed by atoms with van der Waals surface area (Å²) < 4.78 is 13.4. The number of halogens is 2. The van der Waals surface area contributed by atoms with Gasteiger partial charge in [-0.15, -0.1) is 0 Å². The Labute approximate surface area is 139 Å². The predicted octanol–water partition coefficient (Wildman–Crippen LogP) is 1.89. The Morgan fingerprint density at radius 1 is 1.43 bits per heavy atom. The van der Waals surface area contributed by atoms with E-state index in [-0.39, 0.29) is 29.3 Å². The summed E-state index contributed by atoms with van der Waals surface area (Å²) in [4.78, 5) is 25.1. The molecule has 0 radical (unpaired) electrons. The average molecular weight is 343 g/mol. The number of hydrogen-bond donors (Lipinski definition) is 2. The smallest absolute Gasteiger partial charge is 0.223 e. The van der Waals surface area contributed by atoms with Gasteiger partial charge in [-0.2, -0.15) is 0 Å². The Bertz CT molecular complexity index is 589. The summed E-state index contributed by atoms with van der Waals surface area (Å²) in [6.45, 7) is 2.66. The lowest BCUT2D eigenvalue weighted by molar-refractivity contribution is -0.134. The number of rotatable bonds is 4. The SMILES string of the molecule is CC(=O)N1CCC(C(=O)NCC(O)c2ccc(Cl)c(F)c2)CC1. The summed E-state index contributed by atoms with van der Waals surface area (Å²) >= 11 is 5.59. The summed E-state index contributed by atoms with van der Waals surface area (Å²) in [5, 5.41) is 12.7. The number of likely N-dealkylation sites (tertiary alicyclic amines) is 1. The molecule has 2 N–H and O–H groups in total. The molecule has 1 heterocycles. The van der Waals surface area contributed by atoms with Crippen LogP contribution in [-0.4, -0.2) is 41.5 Å². The molecule has 0 aromatic heterocycles. The third-order valence-electron chi connectivity index (χ3n) is 4.11. The number of hydrogen-bond acceptors (Lipinski definition) is 3. The van der Waals surface area contributed by atoms with Crippen LogP contribution in [0.4, 0.5) is 4.39 Å². The molecular weight excluding hydrogens is 323 g/mol. The fourth-order valence-electron chi connectivity index (χ4n) is 2.64. The maximum absolute atomic E-state index is 13.4. The van der Waals surface area contributed by atoms with Gasteiger partial charge >= 0.3 is 0 Å². The summed E-state index contributed by atoms with van der Waals surface area (Å²) in [6, 6.07) is 4.05. The zero-order valence-electron chi connectivity index (χ0n) is 12.9. The van der Waals surface area contributed by atoms with E-state index < -0.39 is 11.9 Å². The molecule has 7 heteroatoms. The van der Waals surface area contributed by atoms with E-state index >= 15 is 0 Å². The van der Waals surface area contributed by atoms with Gasteiger partial charge < -0.3 is 15.3 Å². The van der Waals surface area contributed by atoms with Crippen molar-refractivity contribution in [3.8, 4) is 0 Å². The molecule has 0 saturated carbocycles. The average Bonchev–Trinajstić information content (AvgIpc) is 2.54. The first kappa shape index (κ1) is 17.7. The number of nitrogens with one attached hydrogen (secondary N) is 1. The van der Waals surface area contributed by atoms with Gasteiger partial charge in [-0.25, -0.2) is 4.39 Å². The maximum atomic E-state index is 13.4. The van der Waals surface area contributed by atoms with Gasteiger partial charge in [0.15, 0.2) is 0 Å². The molecule has 1 aromatic rings. The molecular formula is C16H20ClFN2O3. The molecule has 0 bridgehead atoms. The first-order chi connectivity index (χ1) is 10.9. The molecule has 1 atom stereocenters. The Morgan fingerprint density at radius 2 is 2.09 bits per heavy atom. The van der Waals surface area contributed by atoms with Crippen LogP contribution in [-0.2, 0) is 9.59 Å². The van der Waals surface area contributed by atoms with Crippen LogP contribution in [0.25, 0.3) is 0 Å². The van der Waals surface area contributed by atoms with E-state index in [2.05, 4.69) is 5.32 Å². The highest BCUT2D eigenvalue weighted by Gasteiger charge is 2.26. The number of piperidine rings is 1. The minimum Gasteiger partial charge on any atom is -0.387 e. The van der Waals surface area contributed by atoms with Gasteiger partial charge in [0.25, 0.3) is 0 Å². The third-order valence-corrected chi connectivity index (χ3v) is 4.42. The lowest BCUT2D eigenvalue weighted by Crippen LogP contribution is -2.43. The number of amides is 2. The first-order valence-electron chi connectivity index (χ1n) is 7.54. The summed E-state index contributed by atoms with van der Waals surface area (Å²) in [5.41, 5.74) is 0.360. The highest BCUT2D eigenvalue weighted by molar-refractivity contribution is 6.30. The van der Waals surface area contributed by atoms with E-state index in [1.54, 1.807) is 4.90 Å². The Balaban J connectivity index is 1.82. The second kappa shape index (κ2) is 7.75. The van der Waals surface area contributed by atoms with Crippen molar-refractivity contribution in [2.45, 2.75) is 25.9 Å². The molecule has 5 nitrogen and oxygen atoms in total. The molecule has 1 unspecified atom stereocenters. The van der Waals surface area contributed by atoms with Crippen molar-refractivity contribution in [1.29, 1.82) is 0 Å². The van der Waals surface area contributed by atoms with Crippen LogP contribution in [0.2, 0.25) is 5.02 Å². The van der Waals surface area contributed by atoms with Crippen LogP contribution in [0.15, 0.2) is 18.2 Å². The van der Waals surface area contributed by atoms with Gasteiger partial charge in [0, 0.05) is 32.5 Å². The zero-order valence-corrected chi connectivity index (χ0v) is 13.6. The van der Waals surface area contributed by atoms with E-state index in [9.17, 15) is 19.1 Å². The lowest BCUT2D eigenvalue weighted by Gasteiger charge is -2.30. The maximum Gasteiger partial charge on any atom is 0.223 e. The standard InChI is InChI=1S/C16H20ClFN2O3/c1-10(21)20-6-4-11(5-7-20)16(23)19-9-15(22)12-2-3-13(17)14(18)8-12/h2-3,8,11,15,22H,4-7,9H2,1H3,(H,19,23). The number of nitrogens with zero attached hydrogens (tertiary/aromatic N) is 1. The highest BCUT2D eigenvalue weighted by Crippen LogP contribution is 2.21. The van der Waals surface area contributed by atoms with Crippen LogP contribution in [0.1, 0.15) is 31.4 Å². The monoisotopic (exact) mass is 342 g/mol. The van der Waals surface area contributed by atoms with E-state index in [1.165, 1.54) is 19.1 Å². The second-order valence-electron chi connectivity index (χ2n) is 5.71. The van der Waals surface area contributed by atoms with Crippen LogP contribution < -0.4 is 5.32 Å². The molecule has 0 spiro atoms. The number of aliphatic hydroxyl groups is 1. The fraction of sp³-hybridized carbons (Fsp3) is 0.500. The number of carbonyl (C=O) groups is 2. The van der Waals surface area contributed by atoms with Crippen LogP contribution in [0, 0.1) is 11.7 Å². The molecule has 1 aliphatic rings. The molecule has 126 valence electrons. The number of benzene rings is 1. The minimum absolute atomic E-state index is 0.00677. The van der Waals surface area contributed by atoms with Crippen molar-refractivity contribution in [1.82, 2.24) is 10.2 Å². The van der Waals surface area contributed by atoms with E-state index in [1.807, 2.05) is 0 Å². The lowest BCUT2D eigenvalue weighted by atomic mass is 9.95. The van der Waals surface area contributed by atoms with Gasteiger partial charge in [-0.3, -0.25) is 9.59 Å². The molecule has 2 rings (SSSR count). The normalized spacial score (nSPS) is 17.0. The van der Waals surface area contributed by atoms with Crippen LogP contribution >= 0.6 is 11.6 Å². The molecule has 1 aromatic carbocycles. The summed E-state index contributed by atoms with van der Waals surface area (Å²) in [5.74, 6) is -0.906. The molecule has 1 aliphatic heterocycles. The van der Waals surface area contributed by atoms with E-state index in [0.29, 0.717) is 31.5 Å². The van der Waals surface area contributed by atoms with Crippen molar-refractivity contribution >= 4 is 23.4 Å². The Hall–Kier alpha value is -1.66. The predicted molar refractivity (Wildman–Crippen MR) is 84.4 cm³/mol. The van der Waals surface area contributed by atoms with Crippen molar-refractivity contribution in [3.05, 3.63) is 34.6 Å². The summed E-state index contributed by atoms with van der Waals surface area (Å²) in [6.07, 6.45) is 0.219. The minimum atomic E-state index is -0.997. The quantitative estimate of drug-likeness (QED) is 0.878. The highest BCUT2D eigenvalue weighted by atomic mass is 35.5.